The molecular formula is C31H51N5O14. The fourth-order valence-corrected chi connectivity index (χ4v) is 7.17. The number of ether oxygens (including phenoxy) is 8. The summed E-state index contributed by atoms with van der Waals surface area (Å²) in [6.07, 6.45) is -18.7. The van der Waals surface area contributed by atoms with E-state index in [1.54, 1.807) is 0 Å². The fourth-order valence-electron chi connectivity index (χ4n) is 7.17. The van der Waals surface area contributed by atoms with Crippen LogP contribution in [0.3, 0.4) is 0 Å². The summed E-state index contributed by atoms with van der Waals surface area (Å²) >= 11 is 0. The number of hydrogen-bond donors (Lipinski definition) is 11. The lowest BCUT2D eigenvalue weighted by atomic mass is 9.84. The molecule has 284 valence electrons. The molecule has 4 saturated heterocycles. The van der Waals surface area contributed by atoms with Crippen LogP contribution in [0, 0.1) is 0 Å². The third-order valence-corrected chi connectivity index (χ3v) is 10.1. The molecule has 0 radical (unpaired) electrons. The number of nitrogens with two attached hydrogens (primary N) is 5. The van der Waals surface area contributed by atoms with E-state index in [2.05, 4.69) is 0 Å². The molecule has 1 saturated carbocycles. The molecule has 0 aromatic heterocycles. The van der Waals surface area contributed by atoms with Crippen molar-refractivity contribution in [3.63, 3.8) is 0 Å². The maximum Gasteiger partial charge on any atom is 0.187 e. The van der Waals surface area contributed by atoms with Crippen LogP contribution in [0.2, 0.25) is 0 Å². The highest BCUT2D eigenvalue weighted by Gasteiger charge is 2.55. The van der Waals surface area contributed by atoms with Crippen LogP contribution in [0.25, 0.3) is 0 Å². The Morgan fingerprint density at radius 1 is 0.660 bits per heavy atom. The van der Waals surface area contributed by atoms with Gasteiger partial charge in [-0.25, -0.2) is 0 Å². The first kappa shape index (κ1) is 38.2. The molecule has 5 fully saturated rings. The first-order chi connectivity index (χ1) is 23.9. The highest BCUT2D eigenvalue weighted by molar-refractivity contribution is 5.15. The molecule has 1 aliphatic carbocycles. The highest BCUT2D eigenvalue weighted by Crippen LogP contribution is 2.35. The van der Waals surface area contributed by atoms with Gasteiger partial charge >= 0.3 is 0 Å². The van der Waals surface area contributed by atoms with Crippen LogP contribution in [0.15, 0.2) is 30.3 Å². The van der Waals surface area contributed by atoms with Gasteiger partial charge in [-0.2, -0.15) is 0 Å². The number of rotatable bonds is 10. The normalized spacial score (nSPS) is 49.8. The van der Waals surface area contributed by atoms with Gasteiger partial charge in [-0.3, -0.25) is 0 Å². The summed E-state index contributed by atoms with van der Waals surface area (Å²) in [5.74, 6) is 0. The molecule has 0 amide bonds. The molecular weight excluding hydrogens is 666 g/mol. The summed E-state index contributed by atoms with van der Waals surface area (Å²) in [5, 5.41) is 64.3. The van der Waals surface area contributed by atoms with Crippen molar-refractivity contribution in [2.24, 2.45) is 28.7 Å². The zero-order valence-corrected chi connectivity index (χ0v) is 27.3. The Kier molecular flexibility index (Phi) is 12.4. The molecule has 19 nitrogen and oxygen atoms in total. The summed E-state index contributed by atoms with van der Waals surface area (Å²) in [4.78, 5) is 0. The van der Waals surface area contributed by atoms with E-state index in [0.717, 1.165) is 5.56 Å². The lowest BCUT2D eigenvalue weighted by molar-refractivity contribution is -0.353. The molecule has 6 rings (SSSR count). The first-order valence-electron chi connectivity index (χ1n) is 16.9. The third-order valence-electron chi connectivity index (χ3n) is 10.1. The molecule has 20 atom stereocenters. The second-order valence-electron chi connectivity index (χ2n) is 13.6. The van der Waals surface area contributed by atoms with Gasteiger partial charge in [0.15, 0.2) is 25.2 Å². The number of hydrogen-bond acceptors (Lipinski definition) is 19. The Balaban J connectivity index is 1.12. The van der Waals surface area contributed by atoms with Crippen molar-refractivity contribution in [3.05, 3.63) is 35.9 Å². The molecule has 0 bridgehead atoms. The van der Waals surface area contributed by atoms with Crippen LogP contribution < -0.4 is 28.7 Å². The largest absolute Gasteiger partial charge is 0.394 e. The van der Waals surface area contributed by atoms with E-state index >= 15 is 0 Å². The van der Waals surface area contributed by atoms with E-state index in [-0.39, 0.29) is 19.6 Å². The van der Waals surface area contributed by atoms with E-state index in [0.29, 0.717) is 6.42 Å². The van der Waals surface area contributed by atoms with Crippen molar-refractivity contribution >= 4 is 0 Å². The summed E-state index contributed by atoms with van der Waals surface area (Å²) in [6.45, 7) is -0.714. The predicted octanol–water partition coefficient (Wildman–Crippen LogP) is -6.23. The molecule has 5 aliphatic rings. The van der Waals surface area contributed by atoms with Crippen LogP contribution >= 0.6 is 0 Å². The second kappa shape index (κ2) is 16.2. The second-order valence-corrected chi connectivity index (χ2v) is 13.6. The van der Waals surface area contributed by atoms with E-state index in [1.807, 2.05) is 30.3 Å². The standard InChI is InChI=1S/C31H51N5O14/c32-8-14-21(39)22(40)18(35)29(44-14)49-26-15(9-37)45-31(24(26)42)50-28-20(38)12(33)7-13(34)25(28)48-30-19(36)23(41)27-16(46-30)10-43-17(47-27)6-11-4-2-1-3-5-11/h1-5,12-31,37-42H,6-10,32-36H2/t12-,13+,14+,15+,16+,17+,18-,19+,20+,21-,22-,23+,24+,25-,26+,27+,28-,29-,30+,31-/m0/s1. The maximum absolute atomic E-state index is 11.3. The summed E-state index contributed by atoms with van der Waals surface area (Å²) < 4.78 is 47.6. The monoisotopic (exact) mass is 717 g/mol. The molecule has 4 heterocycles. The number of aliphatic hydroxyl groups is 6. The van der Waals surface area contributed by atoms with E-state index in [1.165, 1.54) is 0 Å². The lowest BCUT2D eigenvalue weighted by Gasteiger charge is -2.49. The smallest absolute Gasteiger partial charge is 0.187 e. The van der Waals surface area contributed by atoms with Crippen LogP contribution in [0.1, 0.15) is 12.0 Å². The minimum absolute atomic E-state index is 0.0817. The zero-order chi connectivity index (χ0) is 35.9. The van der Waals surface area contributed by atoms with Crippen molar-refractivity contribution in [2.75, 3.05) is 19.8 Å². The van der Waals surface area contributed by atoms with Gasteiger partial charge in [-0.15, -0.1) is 0 Å². The Hall–Kier alpha value is -1.54. The minimum atomic E-state index is -1.60. The Labute approximate surface area is 288 Å². The number of aliphatic hydroxyl groups excluding tert-OH is 6. The van der Waals surface area contributed by atoms with Gasteiger partial charge in [-0.05, 0) is 12.0 Å². The summed E-state index contributed by atoms with van der Waals surface area (Å²) in [6, 6.07) is 5.57. The van der Waals surface area contributed by atoms with Crippen LogP contribution in [-0.4, -0.2) is 173 Å². The van der Waals surface area contributed by atoms with Gasteiger partial charge in [0.2, 0.25) is 0 Å². The van der Waals surface area contributed by atoms with Crippen molar-refractivity contribution in [2.45, 2.75) is 135 Å². The van der Waals surface area contributed by atoms with Crippen molar-refractivity contribution in [1.29, 1.82) is 0 Å². The molecule has 1 aromatic carbocycles. The van der Waals surface area contributed by atoms with Crippen LogP contribution in [0.5, 0.6) is 0 Å². The van der Waals surface area contributed by atoms with Crippen molar-refractivity contribution in [3.8, 4) is 0 Å². The third kappa shape index (κ3) is 7.73. The lowest BCUT2D eigenvalue weighted by Crippen LogP contribution is -2.69. The van der Waals surface area contributed by atoms with Gasteiger partial charge < -0.3 is 97.2 Å². The summed E-state index contributed by atoms with van der Waals surface area (Å²) in [7, 11) is 0. The van der Waals surface area contributed by atoms with Gasteiger partial charge in [0.05, 0.1) is 31.4 Å². The van der Waals surface area contributed by atoms with E-state index in [9.17, 15) is 30.6 Å². The van der Waals surface area contributed by atoms with E-state index in [4.69, 9.17) is 66.6 Å². The topological polar surface area (TPSA) is 325 Å². The Morgan fingerprint density at radius 2 is 1.30 bits per heavy atom. The van der Waals surface area contributed by atoms with Crippen LogP contribution in [-0.2, 0) is 44.3 Å². The van der Waals surface area contributed by atoms with Gasteiger partial charge in [0.1, 0.15) is 67.1 Å². The Morgan fingerprint density at radius 3 is 2.00 bits per heavy atom. The van der Waals surface area contributed by atoms with Crippen LogP contribution in [0.4, 0.5) is 0 Å². The highest BCUT2D eigenvalue weighted by atomic mass is 16.8. The number of fused-ring (bicyclic) bond motifs is 1. The average Bonchev–Trinajstić information content (AvgIpc) is 3.41. The first-order valence-corrected chi connectivity index (χ1v) is 16.9. The minimum Gasteiger partial charge on any atom is -0.394 e. The molecule has 16 N–H and O–H groups in total. The fraction of sp³-hybridized carbons (Fsp3) is 0.806. The SMILES string of the molecule is NC[C@H]1O[C@@H](O[C@H]2[C@@H](O)[C@H](O[C@H]3[C@H](O)[C@@H](N)C[C@@H](N)[C@@H]3O[C@H]3O[C@@H]4CO[C@@H](Cc5ccccc5)O[C@H]4[C@H](O)[C@H]3N)O[C@@H]2CO)[C@@H](N)[C@H](O)[C@H]1O. The zero-order valence-electron chi connectivity index (χ0n) is 27.3. The molecule has 0 spiro atoms. The molecule has 50 heavy (non-hydrogen) atoms. The molecule has 0 unspecified atom stereocenters. The van der Waals surface area contributed by atoms with Gasteiger partial charge in [0, 0.05) is 25.0 Å². The van der Waals surface area contributed by atoms with Crippen molar-refractivity contribution < 1.29 is 68.5 Å². The number of benzene rings is 1. The Bertz CT molecular complexity index is 1230. The quantitative estimate of drug-likeness (QED) is 0.107. The van der Waals surface area contributed by atoms with E-state index < -0.39 is 129 Å². The molecule has 4 aliphatic heterocycles. The van der Waals surface area contributed by atoms with Gasteiger partial charge in [-0.1, -0.05) is 30.3 Å². The average molecular weight is 718 g/mol. The van der Waals surface area contributed by atoms with Crippen molar-refractivity contribution in [1.82, 2.24) is 0 Å². The molecule has 19 heteroatoms. The predicted molar refractivity (Wildman–Crippen MR) is 168 cm³/mol. The van der Waals surface area contributed by atoms with Gasteiger partial charge in [0.25, 0.3) is 0 Å². The maximum atomic E-state index is 11.3. The molecule has 1 aromatic rings. The summed E-state index contributed by atoms with van der Waals surface area (Å²) in [5.41, 5.74) is 31.7.